The number of pyridine rings is 1. The number of carbonyl (C=O) groups excluding carboxylic acids is 1. The summed E-state index contributed by atoms with van der Waals surface area (Å²) in [5.41, 5.74) is 1.61. The van der Waals surface area contributed by atoms with Crippen molar-refractivity contribution in [1.82, 2.24) is 15.2 Å². The average Bonchev–Trinajstić information content (AvgIpc) is 2.65. The molecule has 1 aromatic carbocycles. The number of nitriles is 1. The van der Waals surface area contributed by atoms with Crippen molar-refractivity contribution < 1.29 is 9.53 Å². The Bertz CT molecular complexity index is 695. The first-order valence-electron chi connectivity index (χ1n) is 7.65. The second-order valence-corrected chi connectivity index (χ2v) is 5.28. The van der Waals surface area contributed by atoms with Crippen LogP contribution in [0.25, 0.3) is 0 Å². The Kier molecular flexibility index (Phi) is 6.15. The van der Waals surface area contributed by atoms with Gasteiger partial charge in [-0.25, -0.2) is 4.79 Å². The summed E-state index contributed by atoms with van der Waals surface area (Å²) in [6.45, 7) is 2.71. The topological polar surface area (TPSA) is 78.2 Å². The molecule has 1 aromatic heterocycles. The lowest BCUT2D eigenvalue weighted by atomic mass is 10.1. The fourth-order valence-corrected chi connectivity index (χ4v) is 2.12. The minimum Gasteiger partial charge on any atom is -0.492 e. The Morgan fingerprint density at radius 3 is 2.58 bits per heavy atom. The van der Waals surface area contributed by atoms with Gasteiger partial charge in [-0.15, -0.1) is 0 Å². The largest absolute Gasteiger partial charge is 0.492 e. The van der Waals surface area contributed by atoms with Gasteiger partial charge < -0.3 is 15.0 Å². The molecule has 124 valence electrons. The monoisotopic (exact) mass is 324 g/mol. The zero-order valence-electron chi connectivity index (χ0n) is 13.8. The number of hydrogen-bond donors (Lipinski definition) is 1. The number of urea groups is 1. The molecule has 24 heavy (non-hydrogen) atoms. The number of rotatable bonds is 6. The van der Waals surface area contributed by atoms with Gasteiger partial charge in [-0.05, 0) is 48.9 Å². The minimum absolute atomic E-state index is 0.0487. The van der Waals surface area contributed by atoms with Crippen molar-refractivity contribution in [3.8, 4) is 11.8 Å². The standard InChI is InChI=1S/C18H20N4O2/c1-14(16-7-9-20-10-8-16)22(2)18(23)21-11-12-24-17-5-3-15(13-19)4-6-17/h3-10,14H,11-12H2,1-2H3,(H,21,23). The van der Waals surface area contributed by atoms with Gasteiger partial charge in [0.05, 0.1) is 24.2 Å². The lowest BCUT2D eigenvalue weighted by Gasteiger charge is -2.25. The molecule has 0 saturated carbocycles. The SMILES string of the molecule is CC(c1ccncc1)N(C)C(=O)NCCOc1ccc(C#N)cc1. The van der Waals surface area contributed by atoms with E-state index in [-0.39, 0.29) is 12.1 Å². The van der Waals surface area contributed by atoms with Crippen LogP contribution in [0.5, 0.6) is 5.75 Å². The van der Waals surface area contributed by atoms with Gasteiger partial charge >= 0.3 is 6.03 Å². The molecule has 6 nitrogen and oxygen atoms in total. The predicted octanol–water partition coefficient (Wildman–Crippen LogP) is 2.73. The van der Waals surface area contributed by atoms with E-state index >= 15 is 0 Å². The van der Waals surface area contributed by atoms with Gasteiger partial charge in [0, 0.05) is 19.4 Å². The van der Waals surface area contributed by atoms with Gasteiger partial charge in [-0.1, -0.05) is 0 Å². The summed E-state index contributed by atoms with van der Waals surface area (Å²) in [4.78, 5) is 17.8. The smallest absolute Gasteiger partial charge is 0.317 e. The zero-order valence-corrected chi connectivity index (χ0v) is 13.8. The number of ether oxygens (including phenoxy) is 1. The Hall–Kier alpha value is -3.07. The highest BCUT2D eigenvalue weighted by molar-refractivity contribution is 5.74. The van der Waals surface area contributed by atoms with E-state index in [9.17, 15) is 4.79 Å². The fraction of sp³-hybridized carbons (Fsp3) is 0.278. The molecule has 6 heteroatoms. The molecular weight excluding hydrogens is 304 g/mol. The highest BCUT2D eigenvalue weighted by atomic mass is 16.5. The molecule has 2 rings (SSSR count). The van der Waals surface area contributed by atoms with Crippen molar-refractivity contribution in [3.05, 3.63) is 59.9 Å². The van der Waals surface area contributed by atoms with Gasteiger partial charge in [0.25, 0.3) is 0 Å². The summed E-state index contributed by atoms with van der Waals surface area (Å²) in [7, 11) is 1.75. The number of amides is 2. The summed E-state index contributed by atoms with van der Waals surface area (Å²) in [5.74, 6) is 0.668. The Balaban J connectivity index is 1.75. The third-order valence-corrected chi connectivity index (χ3v) is 3.72. The highest BCUT2D eigenvalue weighted by Crippen LogP contribution is 2.17. The molecule has 2 aromatic rings. The van der Waals surface area contributed by atoms with Crippen LogP contribution in [-0.2, 0) is 0 Å². The van der Waals surface area contributed by atoms with Crippen molar-refractivity contribution in [1.29, 1.82) is 5.26 Å². The second-order valence-electron chi connectivity index (χ2n) is 5.28. The molecular formula is C18H20N4O2. The number of aromatic nitrogens is 1. The summed E-state index contributed by atoms with van der Waals surface area (Å²) in [5, 5.41) is 11.6. The van der Waals surface area contributed by atoms with Crippen LogP contribution in [0.1, 0.15) is 24.1 Å². The van der Waals surface area contributed by atoms with Gasteiger partial charge in [0.2, 0.25) is 0 Å². The van der Waals surface area contributed by atoms with E-state index in [4.69, 9.17) is 10.00 Å². The maximum Gasteiger partial charge on any atom is 0.317 e. The lowest BCUT2D eigenvalue weighted by Crippen LogP contribution is -2.40. The van der Waals surface area contributed by atoms with E-state index in [1.807, 2.05) is 19.1 Å². The van der Waals surface area contributed by atoms with E-state index in [0.717, 1.165) is 5.56 Å². The van der Waals surface area contributed by atoms with Crippen molar-refractivity contribution in [3.63, 3.8) is 0 Å². The Labute approximate surface area is 141 Å². The third kappa shape index (κ3) is 4.71. The quantitative estimate of drug-likeness (QED) is 0.829. The molecule has 0 aliphatic rings. The molecule has 1 heterocycles. The maximum atomic E-state index is 12.2. The maximum absolute atomic E-state index is 12.2. The van der Waals surface area contributed by atoms with Gasteiger partial charge in [0.1, 0.15) is 12.4 Å². The normalized spacial score (nSPS) is 11.2. The van der Waals surface area contributed by atoms with E-state index in [0.29, 0.717) is 24.5 Å². The van der Waals surface area contributed by atoms with Gasteiger partial charge in [0.15, 0.2) is 0 Å². The number of nitrogens with zero attached hydrogens (tertiary/aromatic N) is 3. The fourth-order valence-electron chi connectivity index (χ4n) is 2.12. The minimum atomic E-state index is -0.164. The Morgan fingerprint density at radius 2 is 1.96 bits per heavy atom. The molecule has 1 N–H and O–H groups in total. The second kappa shape index (κ2) is 8.53. The van der Waals surface area contributed by atoms with Crippen LogP contribution in [0.3, 0.4) is 0 Å². The molecule has 0 aliphatic heterocycles. The third-order valence-electron chi connectivity index (χ3n) is 3.72. The molecule has 0 bridgehead atoms. The zero-order chi connectivity index (χ0) is 17.4. The summed E-state index contributed by atoms with van der Waals surface area (Å²) in [6, 6.07) is 12.5. The molecule has 0 radical (unpaired) electrons. The number of nitrogens with one attached hydrogen (secondary N) is 1. The molecule has 1 unspecified atom stereocenters. The van der Waals surface area contributed by atoms with Crippen molar-refractivity contribution in [2.45, 2.75) is 13.0 Å². The molecule has 0 spiro atoms. The van der Waals surface area contributed by atoms with Crippen LogP contribution in [0, 0.1) is 11.3 Å². The van der Waals surface area contributed by atoms with Gasteiger partial charge in [-0.2, -0.15) is 5.26 Å². The number of benzene rings is 1. The van der Waals surface area contributed by atoms with E-state index in [1.54, 1.807) is 48.6 Å². The summed E-state index contributed by atoms with van der Waals surface area (Å²) >= 11 is 0. The summed E-state index contributed by atoms with van der Waals surface area (Å²) in [6.07, 6.45) is 3.42. The van der Waals surface area contributed by atoms with Crippen LogP contribution in [0.2, 0.25) is 0 Å². The first-order valence-corrected chi connectivity index (χ1v) is 7.65. The molecule has 0 aliphatic carbocycles. The average molecular weight is 324 g/mol. The first-order chi connectivity index (χ1) is 11.6. The first kappa shape index (κ1) is 17.3. The molecule has 2 amide bonds. The molecule has 0 fully saturated rings. The Morgan fingerprint density at radius 1 is 1.29 bits per heavy atom. The van der Waals surface area contributed by atoms with Crippen molar-refractivity contribution in [2.75, 3.05) is 20.2 Å². The van der Waals surface area contributed by atoms with Gasteiger partial charge in [-0.3, -0.25) is 4.98 Å². The van der Waals surface area contributed by atoms with Crippen LogP contribution >= 0.6 is 0 Å². The predicted molar refractivity (Wildman–Crippen MR) is 90.5 cm³/mol. The van der Waals surface area contributed by atoms with Crippen LogP contribution in [0.4, 0.5) is 4.79 Å². The molecule has 1 atom stereocenters. The molecule has 0 saturated heterocycles. The van der Waals surface area contributed by atoms with Crippen molar-refractivity contribution in [2.24, 2.45) is 0 Å². The number of hydrogen-bond acceptors (Lipinski definition) is 4. The van der Waals surface area contributed by atoms with Crippen LogP contribution < -0.4 is 10.1 Å². The van der Waals surface area contributed by atoms with Crippen LogP contribution in [0.15, 0.2) is 48.8 Å². The van der Waals surface area contributed by atoms with E-state index < -0.39 is 0 Å². The van der Waals surface area contributed by atoms with Crippen molar-refractivity contribution >= 4 is 6.03 Å². The number of carbonyl (C=O) groups is 1. The highest BCUT2D eigenvalue weighted by Gasteiger charge is 2.16. The van der Waals surface area contributed by atoms with Crippen LogP contribution in [-0.4, -0.2) is 36.1 Å². The van der Waals surface area contributed by atoms with E-state index in [2.05, 4.69) is 16.4 Å². The lowest BCUT2D eigenvalue weighted by molar-refractivity contribution is 0.191. The van der Waals surface area contributed by atoms with E-state index in [1.165, 1.54) is 0 Å². The summed E-state index contributed by atoms with van der Waals surface area (Å²) < 4.78 is 5.53.